The summed E-state index contributed by atoms with van der Waals surface area (Å²) in [6.07, 6.45) is 2.84. The van der Waals surface area contributed by atoms with Crippen LogP contribution in [0, 0.1) is 6.92 Å². The van der Waals surface area contributed by atoms with Crippen LogP contribution in [0.1, 0.15) is 71.0 Å². The molecule has 0 aliphatic heterocycles. The fraction of sp³-hybridized carbons (Fsp3) is 0.281. The van der Waals surface area contributed by atoms with Crippen molar-refractivity contribution in [3.63, 3.8) is 0 Å². The van der Waals surface area contributed by atoms with Gasteiger partial charge in [0.2, 0.25) is 0 Å². The number of nitrogens with one attached hydrogen (secondary N) is 1. The zero-order valence-corrected chi connectivity index (χ0v) is 24.2. The molecule has 212 valence electrons. The molecule has 0 unspecified atom stereocenters. The molecule has 8 nitrogen and oxygen atoms in total. The second-order valence-electron chi connectivity index (χ2n) is 10.1. The van der Waals surface area contributed by atoms with E-state index in [9.17, 15) is 18.0 Å². The first-order valence-corrected chi connectivity index (χ1v) is 15.3. The van der Waals surface area contributed by atoms with Crippen molar-refractivity contribution in [3.05, 3.63) is 95.2 Å². The number of sulfonamides is 1. The second-order valence-corrected chi connectivity index (χ2v) is 11.8. The molecule has 1 aromatic heterocycles. The van der Waals surface area contributed by atoms with Gasteiger partial charge in [-0.3, -0.25) is 9.48 Å². The van der Waals surface area contributed by atoms with Gasteiger partial charge >= 0.3 is 5.97 Å². The SMILES string of the molecule is CCCn1nc(C)c(C(=O)OCC)c1-c1ccc(-c2ccccc2S(=O)(=O)NC(=O)c2ccccc2)cc1C1CC1. The van der Waals surface area contributed by atoms with Crippen molar-refractivity contribution < 1.29 is 22.7 Å². The molecule has 3 aromatic carbocycles. The van der Waals surface area contributed by atoms with Gasteiger partial charge in [0, 0.05) is 23.2 Å². The van der Waals surface area contributed by atoms with Gasteiger partial charge in [0.15, 0.2) is 0 Å². The van der Waals surface area contributed by atoms with Gasteiger partial charge in [-0.1, -0.05) is 61.5 Å². The van der Waals surface area contributed by atoms with Gasteiger partial charge < -0.3 is 4.74 Å². The molecule has 1 heterocycles. The van der Waals surface area contributed by atoms with Gasteiger partial charge in [-0.15, -0.1) is 0 Å². The monoisotopic (exact) mass is 571 g/mol. The van der Waals surface area contributed by atoms with E-state index >= 15 is 0 Å². The smallest absolute Gasteiger partial charge is 0.342 e. The predicted octanol–water partition coefficient (Wildman–Crippen LogP) is 6.11. The maximum absolute atomic E-state index is 13.4. The minimum atomic E-state index is -4.18. The quantitative estimate of drug-likeness (QED) is 0.230. The van der Waals surface area contributed by atoms with Crippen molar-refractivity contribution in [2.75, 3.05) is 6.61 Å². The van der Waals surface area contributed by atoms with Gasteiger partial charge in [0.1, 0.15) is 5.56 Å². The van der Waals surface area contributed by atoms with Crippen LogP contribution < -0.4 is 4.72 Å². The summed E-state index contributed by atoms with van der Waals surface area (Å²) in [6.45, 7) is 6.56. The molecule has 1 aliphatic carbocycles. The Balaban J connectivity index is 1.60. The van der Waals surface area contributed by atoms with Crippen molar-refractivity contribution in [2.24, 2.45) is 0 Å². The van der Waals surface area contributed by atoms with Gasteiger partial charge in [-0.05, 0) is 68.4 Å². The largest absolute Gasteiger partial charge is 0.462 e. The Morgan fingerprint density at radius 1 is 0.976 bits per heavy atom. The molecule has 1 aliphatic rings. The highest BCUT2D eigenvalue weighted by molar-refractivity contribution is 7.90. The van der Waals surface area contributed by atoms with E-state index in [2.05, 4.69) is 16.7 Å². The van der Waals surface area contributed by atoms with Gasteiger partial charge in [-0.25, -0.2) is 17.9 Å². The fourth-order valence-electron chi connectivity index (χ4n) is 5.12. The molecular formula is C32H33N3O5S. The van der Waals surface area contributed by atoms with E-state index in [0.29, 0.717) is 28.9 Å². The Morgan fingerprint density at radius 3 is 2.37 bits per heavy atom. The third kappa shape index (κ3) is 5.81. The number of nitrogens with zero attached hydrogens (tertiary/aromatic N) is 2. The summed E-state index contributed by atoms with van der Waals surface area (Å²) in [5.74, 6) is -0.814. The molecular weight excluding hydrogens is 538 g/mol. The highest BCUT2D eigenvalue weighted by atomic mass is 32.2. The molecule has 0 atom stereocenters. The van der Waals surface area contributed by atoms with Crippen LogP contribution in [0.4, 0.5) is 0 Å². The van der Waals surface area contributed by atoms with Crippen molar-refractivity contribution >= 4 is 21.9 Å². The molecule has 1 saturated carbocycles. The predicted molar refractivity (Wildman–Crippen MR) is 157 cm³/mol. The summed E-state index contributed by atoms with van der Waals surface area (Å²) in [6, 6.07) is 20.7. The van der Waals surface area contributed by atoms with E-state index in [1.165, 1.54) is 6.07 Å². The Bertz CT molecular complexity index is 1710. The van der Waals surface area contributed by atoms with E-state index in [-0.39, 0.29) is 23.0 Å². The van der Waals surface area contributed by atoms with E-state index in [0.717, 1.165) is 36.1 Å². The van der Waals surface area contributed by atoms with Gasteiger partial charge in [-0.2, -0.15) is 5.10 Å². The van der Waals surface area contributed by atoms with Crippen LogP contribution in [0.15, 0.2) is 77.7 Å². The zero-order chi connectivity index (χ0) is 29.1. The number of rotatable bonds is 10. The summed E-state index contributed by atoms with van der Waals surface area (Å²) in [4.78, 5) is 25.8. The minimum Gasteiger partial charge on any atom is -0.462 e. The Kier molecular flexibility index (Phi) is 8.08. The summed E-state index contributed by atoms with van der Waals surface area (Å²) in [5.41, 5.74) is 5.18. The lowest BCUT2D eigenvalue weighted by Gasteiger charge is -2.17. The minimum absolute atomic E-state index is 0.0119. The summed E-state index contributed by atoms with van der Waals surface area (Å²) in [7, 11) is -4.18. The first kappa shape index (κ1) is 28.3. The van der Waals surface area contributed by atoms with Crippen molar-refractivity contribution in [3.8, 4) is 22.4 Å². The molecule has 5 rings (SSSR count). The number of aromatic nitrogens is 2. The average molecular weight is 572 g/mol. The highest BCUT2D eigenvalue weighted by Gasteiger charge is 2.32. The lowest BCUT2D eigenvalue weighted by atomic mass is 9.93. The summed E-state index contributed by atoms with van der Waals surface area (Å²) in [5, 5.41) is 4.68. The lowest BCUT2D eigenvalue weighted by molar-refractivity contribution is 0.0526. The number of amides is 1. The Hall–Kier alpha value is -4.24. The van der Waals surface area contributed by atoms with E-state index < -0.39 is 21.9 Å². The van der Waals surface area contributed by atoms with Crippen LogP contribution in [0.2, 0.25) is 0 Å². The van der Waals surface area contributed by atoms with Crippen LogP contribution in [-0.2, 0) is 21.3 Å². The van der Waals surface area contributed by atoms with Gasteiger partial charge in [0.25, 0.3) is 15.9 Å². The normalized spacial score (nSPS) is 13.1. The van der Waals surface area contributed by atoms with Crippen LogP contribution in [0.3, 0.4) is 0 Å². The van der Waals surface area contributed by atoms with Crippen molar-refractivity contribution in [2.45, 2.75) is 57.4 Å². The molecule has 9 heteroatoms. The maximum atomic E-state index is 13.4. The number of aryl methyl sites for hydroxylation is 2. The van der Waals surface area contributed by atoms with Crippen molar-refractivity contribution in [1.29, 1.82) is 0 Å². The van der Waals surface area contributed by atoms with Crippen LogP contribution >= 0.6 is 0 Å². The summed E-state index contributed by atoms with van der Waals surface area (Å²) >= 11 is 0. The number of hydrogen-bond donors (Lipinski definition) is 1. The first-order valence-electron chi connectivity index (χ1n) is 13.9. The molecule has 1 fully saturated rings. The highest BCUT2D eigenvalue weighted by Crippen LogP contribution is 2.47. The average Bonchev–Trinajstić information content (AvgIpc) is 3.76. The third-order valence-corrected chi connectivity index (χ3v) is 8.51. The van der Waals surface area contributed by atoms with Crippen LogP contribution in [0.5, 0.6) is 0 Å². The second kappa shape index (κ2) is 11.7. The standard InChI is InChI=1S/C32H33N3O5S/c1-4-19-35-30(29(21(3)33-35)32(37)40-5-2)26-18-17-24(20-27(26)22-15-16-22)25-13-9-10-14-28(25)41(38,39)34-31(36)23-11-7-6-8-12-23/h6-14,17-18,20,22H,4-5,15-16,19H2,1-3H3,(H,34,36). The zero-order valence-electron chi connectivity index (χ0n) is 23.4. The molecule has 1 amide bonds. The number of benzene rings is 3. The molecule has 0 spiro atoms. The molecule has 41 heavy (non-hydrogen) atoms. The van der Waals surface area contributed by atoms with Gasteiger partial charge in [0.05, 0.1) is 22.9 Å². The lowest BCUT2D eigenvalue weighted by Crippen LogP contribution is -2.30. The molecule has 0 saturated heterocycles. The molecule has 0 bridgehead atoms. The van der Waals surface area contributed by atoms with Crippen LogP contribution in [-0.4, -0.2) is 36.7 Å². The topological polar surface area (TPSA) is 107 Å². The number of hydrogen-bond acceptors (Lipinski definition) is 6. The number of esters is 1. The number of carbonyl (C=O) groups excluding carboxylic acids is 2. The Labute approximate surface area is 240 Å². The fourth-order valence-corrected chi connectivity index (χ4v) is 6.32. The molecule has 4 aromatic rings. The summed E-state index contributed by atoms with van der Waals surface area (Å²) < 4.78 is 36.4. The first-order chi connectivity index (χ1) is 19.7. The van der Waals surface area contributed by atoms with E-state index in [4.69, 9.17) is 4.74 Å². The maximum Gasteiger partial charge on any atom is 0.342 e. The van der Waals surface area contributed by atoms with Crippen LogP contribution in [0.25, 0.3) is 22.4 Å². The third-order valence-electron chi connectivity index (χ3n) is 7.12. The Morgan fingerprint density at radius 2 is 1.68 bits per heavy atom. The van der Waals surface area contributed by atoms with E-state index in [1.807, 2.05) is 29.8 Å². The van der Waals surface area contributed by atoms with Crippen molar-refractivity contribution in [1.82, 2.24) is 14.5 Å². The number of ether oxygens (including phenoxy) is 1. The molecule has 0 radical (unpaired) electrons. The molecule has 1 N–H and O–H groups in total. The van der Waals surface area contributed by atoms with E-state index in [1.54, 1.807) is 55.5 Å². The number of carbonyl (C=O) groups is 2.